The van der Waals surface area contributed by atoms with Crippen molar-refractivity contribution >= 4 is 45.8 Å². The van der Waals surface area contributed by atoms with Crippen molar-refractivity contribution in [3.05, 3.63) is 51.2 Å². The van der Waals surface area contributed by atoms with Gasteiger partial charge in [-0.25, -0.2) is 9.37 Å². The van der Waals surface area contributed by atoms with Crippen molar-refractivity contribution in [3.63, 3.8) is 0 Å². The Labute approximate surface area is 123 Å². The van der Waals surface area contributed by atoms with Gasteiger partial charge in [0, 0.05) is 5.02 Å². The van der Waals surface area contributed by atoms with Crippen LogP contribution in [-0.2, 0) is 0 Å². The van der Waals surface area contributed by atoms with Crippen molar-refractivity contribution in [1.82, 2.24) is 9.97 Å². The third-order valence-electron chi connectivity index (χ3n) is 2.71. The van der Waals surface area contributed by atoms with E-state index in [1.807, 2.05) is 0 Å². The van der Waals surface area contributed by atoms with E-state index in [9.17, 15) is 4.39 Å². The van der Waals surface area contributed by atoms with Gasteiger partial charge in [-0.2, -0.15) is 0 Å². The van der Waals surface area contributed by atoms with Crippen molar-refractivity contribution in [2.75, 3.05) is 0 Å². The Bertz CT molecular complexity index is 744. The highest BCUT2D eigenvalue weighted by atomic mass is 35.5. The fraction of sp³-hybridized carbons (Fsp3) is 0. The van der Waals surface area contributed by atoms with Gasteiger partial charge in [0.25, 0.3) is 0 Å². The molecule has 6 heteroatoms. The van der Waals surface area contributed by atoms with E-state index in [1.165, 1.54) is 6.07 Å². The molecule has 19 heavy (non-hydrogen) atoms. The summed E-state index contributed by atoms with van der Waals surface area (Å²) in [6, 6.07) is 7.70. The van der Waals surface area contributed by atoms with Crippen LogP contribution in [0.15, 0.2) is 30.3 Å². The van der Waals surface area contributed by atoms with Gasteiger partial charge in [-0.1, -0.05) is 34.8 Å². The molecule has 96 valence electrons. The number of halogens is 4. The molecule has 1 heterocycles. The van der Waals surface area contributed by atoms with Gasteiger partial charge >= 0.3 is 0 Å². The Morgan fingerprint density at radius 2 is 1.74 bits per heavy atom. The number of H-pyrrole nitrogens is 1. The Balaban J connectivity index is 2.20. The molecule has 0 aliphatic heterocycles. The summed E-state index contributed by atoms with van der Waals surface area (Å²) in [5, 5.41) is 1.16. The van der Waals surface area contributed by atoms with Crippen LogP contribution in [0.3, 0.4) is 0 Å². The first kappa shape index (κ1) is 12.7. The minimum absolute atomic E-state index is 0.337. The zero-order valence-corrected chi connectivity index (χ0v) is 11.6. The molecule has 0 unspecified atom stereocenters. The number of aromatic amines is 1. The topological polar surface area (TPSA) is 28.7 Å². The molecule has 0 saturated heterocycles. The molecular weight excluding hydrogens is 310 g/mol. The normalized spacial score (nSPS) is 11.2. The second-order valence-corrected chi connectivity index (χ2v) is 5.24. The summed E-state index contributed by atoms with van der Waals surface area (Å²) in [4.78, 5) is 7.30. The number of imidazole rings is 1. The third-order valence-corrected chi connectivity index (χ3v) is 3.67. The first-order valence-electron chi connectivity index (χ1n) is 5.35. The number of hydrogen-bond donors (Lipinski definition) is 1. The van der Waals surface area contributed by atoms with Crippen LogP contribution in [0.2, 0.25) is 15.1 Å². The molecule has 0 fully saturated rings. The molecule has 0 spiro atoms. The van der Waals surface area contributed by atoms with Crippen molar-refractivity contribution in [1.29, 1.82) is 0 Å². The lowest BCUT2D eigenvalue weighted by molar-refractivity contribution is 0.630. The van der Waals surface area contributed by atoms with Crippen molar-refractivity contribution in [2.24, 2.45) is 0 Å². The fourth-order valence-corrected chi connectivity index (χ4v) is 2.29. The molecule has 0 aliphatic rings. The Morgan fingerprint density at radius 1 is 1.00 bits per heavy atom. The maximum atomic E-state index is 13.8. The zero-order valence-electron chi connectivity index (χ0n) is 9.35. The molecule has 0 aliphatic carbocycles. The Hall–Kier alpha value is -1.29. The molecule has 2 nitrogen and oxygen atoms in total. The van der Waals surface area contributed by atoms with Crippen molar-refractivity contribution in [2.45, 2.75) is 0 Å². The van der Waals surface area contributed by atoms with Gasteiger partial charge in [0.15, 0.2) is 0 Å². The first-order valence-corrected chi connectivity index (χ1v) is 6.48. The zero-order chi connectivity index (χ0) is 13.6. The van der Waals surface area contributed by atoms with E-state index in [4.69, 9.17) is 34.8 Å². The predicted molar refractivity (Wildman–Crippen MR) is 76.5 cm³/mol. The van der Waals surface area contributed by atoms with Crippen LogP contribution in [-0.4, -0.2) is 9.97 Å². The minimum atomic E-state index is -0.441. The van der Waals surface area contributed by atoms with Gasteiger partial charge in [-0.15, -0.1) is 0 Å². The second kappa shape index (κ2) is 4.67. The van der Waals surface area contributed by atoms with E-state index in [0.29, 0.717) is 37.5 Å². The summed E-state index contributed by atoms with van der Waals surface area (Å²) >= 11 is 17.6. The maximum Gasteiger partial charge on any atom is 0.141 e. The van der Waals surface area contributed by atoms with Crippen LogP contribution in [0.1, 0.15) is 0 Å². The summed E-state index contributed by atoms with van der Waals surface area (Å²) in [5.74, 6) is -0.0359. The van der Waals surface area contributed by atoms with Crippen LogP contribution < -0.4 is 0 Å². The number of rotatable bonds is 1. The number of benzene rings is 2. The van der Waals surface area contributed by atoms with Gasteiger partial charge in [-0.05, 0) is 30.3 Å². The van der Waals surface area contributed by atoms with Crippen molar-refractivity contribution < 1.29 is 4.39 Å². The van der Waals surface area contributed by atoms with Gasteiger partial charge in [0.2, 0.25) is 0 Å². The summed E-state index contributed by atoms with van der Waals surface area (Å²) in [7, 11) is 0. The largest absolute Gasteiger partial charge is 0.338 e. The van der Waals surface area contributed by atoms with E-state index in [0.717, 1.165) is 0 Å². The summed E-state index contributed by atoms with van der Waals surface area (Å²) in [6.07, 6.45) is 0. The highest BCUT2D eigenvalue weighted by Gasteiger charge is 2.12. The smallest absolute Gasteiger partial charge is 0.141 e. The number of aromatic nitrogens is 2. The molecule has 0 amide bonds. The first-order chi connectivity index (χ1) is 9.04. The predicted octanol–water partition coefficient (Wildman–Crippen LogP) is 5.33. The number of hydrogen-bond acceptors (Lipinski definition) is 1. The van der Waals surface area contributed by atoms with E-state index in [-0.39, 0.29) is 0 Å². The maximum absolute atomic E-state index is 13.8. The number of fused-ring (bicyclic) bond motifs is 1. The minimum Gasteiger partial charge on any atom is -0.338 e. The molecule has 0 bridgehead atoms. The standard InChI is InChI=1S/C13H6Cl3FN2/c14-6-1-2-7(10(17)3-6)13-18-11-4-8(15)9(16)5-12(11)19-13/h1-5H,(H,18,19). The molecule has 1 N–H and O–H groups in total. The molecule has 1 aromatic heterocycles. The Morgan fingerprint density at radius 3 is 2.47 bits per heavy atom. The molecule has 2 aromatic carbocycles. The van der Waals surface area contributed by atoms with Crippen LogP contribution in [0.5, 0.6) is 0 Å². The van der Waals surface area contributed by atoms with Crippen LogP contribution in [0.4, 0.5) is 4.39 Å². The van der Waals surface area contributed by atoms with Crippen LogP contribution in [0.25, 0.3) is 22.4 Å². The number of nitrogens with one attached hydrogen (secondary N) is 1. The lowest BCUT2D eigenvalue weighted by Crippen LogP contribution is -1.85. The quantitative estimate of drug-likeness (QED) is 0.646. The summed E-state index contributed by atoms with van der Waals surface area (Å²) < 4.78 is 13.8. The highest BCUT2D eigenvalue weighted by molar-refractivity contribution is 6.42. The molecule has 0 radical (unpaired) electrons. The van der Waals surface area contributed by atoms with E-state index in [1.54, 1.807) is 24.3 Å². The average Bonchev–Trinajstić information content (AvgIpc) is 2.72. The van der Waals surface area contributed by atoms with E-state index >= 15 is 0 Å². The van der Waals surface area contributed by atoms with Gasteiger partial charge < -0.3 is 4.98 Å². The third kappa shape index (κ3) is 2.29. The van der Waals surface area contributed by atoms with Crippen molar-refractivity contribution in [3.8, 4) is 11.4 Å². The lowest BCUT2D eigenvalue weighted by atomic mass is 10.2. The Kier molecular flexibility index (Phi) is 3.13. The number of nitrogens with zero attached hydrogens (tertiary/aromatic N) is 1. The average molecular weight is 316 g/mol. The van der Waals surface area contributed by atoms with Gasteiger partial charge in [0.1, 0.15) is 11.6 Å². The molecular formula is C13H6Cl3FN2. The SMILES string of the molecule is Fc1cc(Cl)ccc1-c1nc2cc(Cl)c(Cl)cc2[nH]1. The molecule has 0 saturated carbocycles. The fourth-order valence-electron chi connectivity index (χ4n) is 1.81. The second-order valence-electron chi connectivity index (χ2n) is 3.99. The highest BCUT2D eigenvalue weighted by Crippen LogP contribution is 2.30. The summed E-state index contributed by atoms with van der Waals surface area (Å²) in [6.45, 7) is 0. The van der Waals surface area contributed by atoms with Gasteiger partial charge in [0.05, 0.1) is 26.6 Å². The molecule has 3 aromatic rings. The van der Waals surface area contributed by atoms with E-state index < -0.39 is 5.82 Å². The van der Waals surface area contributed by atoms with Crippen LogP contribution in [0, 0.1) is 5.82 Å². The molecule has 3 rings (SSSR count). The monoisotopic (exact) mass is 314 g/mol. The van der Waals surface area contributed by atoms with E-state index in [2.05, 4.69) is 9.97 Å². The lowest BCUT2D eigenvalue weighted by Gasteiger charge is -1.99. The van der Waals surface area contributed by atoms with Crippen LogP contribution >= 0.6 is 34.8 Å². The summed E-state index contributed by atoms with van der Waals surface area (Å²) in [5.41, 5.74) is 1.66. The van der Waals surface area contributed by atoms with Gasteiger partial charge in [-0.3, -0.25) is 0 Å². The molecule has 0 atom stereocenters.